The highest BCUT2D eigenvalue weighted by Gasteiger charge is 2.18. The third kappa shape index (κ3) is 5.64. The first-order chi connectivity index (χ1) is 8.90. The molecular weight excluding hydrogens is 238 g/mol. The van der Waals surface area contributed by atoms with Gasteiger partial charge in [-0.05, 0) is 17.8 Å². The van der Waals surface area contributed by atoms with Crippen LogP contribution in [0.5, 0.6) is 0 Å². The summed E-state index contributed by atoms with van der Waals surface area (Å²) in [5.74, 6) is 1.94. The molecule has 1 heterocycles. The number of rotatable bonds is 8. The van der Waals surface area contributed by atoms with Crippen molar-refractivity contribution in [2.45, 2.75) is 54.1 Å². The fourth-order valence-corrected chi connectivity index (χ4v) is 2.22. The Balaban J connectivity index is 2.45. The first kappa shape index (κ1) is 16.0. The van der Waals surface area contributed by atoms with Gasteiger partial charge in [-0.3, -0.25) is 0 Å². The van der Waals surface area contributed by atoms with E-state index in [2.05, 4.69) is 57.2 Å². The molecule has 0 saturated heterocycles. The van der Waals surface area contributed by atoms with Gasteiger partial charge in [0.1, 0.15) is 6.26 Å². The van der Waals surface area contributed by atoms with Crippen LogP contribution in [0.1, 0.15) is 47.2 Å². The zero-order valence-electron chi connectivity index (χ0n) is 13.2. The van der Waals surface area contributed by atoms with E-state index in [9.17, 15) is 0 Å². The molecule has 1 rings (SSSR count). The third-order valence-electron chi connectivity index (χ3n) is 3.44. The third-order valence-corrected chi connectivity index (χ3v) is 3.44. The van der Waals surface area contributed by atoms with Gasteiger partial charge < -0.3 is 15.1 Å². The Morgan fingerprint density at radius 1 is 1.11 bits per heavy atom. The van der Waals surface area contributed by atoms with E-state index in [0.29, 0.717) is 29.8 Å². The van der Waals surface area contributed by atoms with Crippen molar-refractivity contribution in [1.82, 2.24) is 10.3 Å². The van der Waals surface area contributed by atoms with E-state index in [1.165, 1.54) is 0 Å². The Bertz CT molecular complexity index is 350. The lowest BCUT2D eigenvalue weighted by molar-refractivity contribution is 0.302. The van der Waals surface area contributed by atoms with Crippen molar-refractivity contribution < 1.29 is 4.42 Å². The molecule has 0 bridgehead atoms. The summed E-state index contributed by atoms with van der Waals surface area (Å²) in [5.41, 5.74) is 0.946. The summed E-state index contributed by atoms with van der Waals surface area (Å²) < 4.78 is 5.44. The minimum Gasteiger partial charge on any atom is -0.432 e. The number of nitrogens with one attached hydrogen (secondary N) is 2. The first-order valence-electron chi connectivity index (χ1n) is 7.31. The van der Waals surface area contributed by atoms with Gasteiger partial charge in [0.15, 0.2) is 0 Å². The van der Waals surface area contributed by atoms with Crippen LogP contribution in [-0.2, 0) is 6.54 Å². The summed E-state index contributed by atoms with van der Waals surface area (Å²) in [5, 5.41) is 6.64. The Hall–Kier alpha value is -1.03. The number of hydrogen-bond acceptors (Lipinski definition) is 4. The highest BCUT2D eigenvalue weighted by Crippen LogP contribution is 2.21. The second-order valence-corrected chi connectivity index (χ2v) is 6.21. The van der Waals surface area contributed by atoms with Gasteiger partial charge in [0.2, 0.25) is 0 Å². The minimum absolute atomic E-state index is 0.458. The van der Waals surface area contributed by atoms with Crippen LogP contribution in [0.4, 0.5) is 6.01 Å². The maximum Gasteiger partial charge on any atom is 0.294 e. The van der Waals surface area contributed by atoms with Crippen molar-refractivity contribution in [2.75, 3.05) is 11.9 Å². The second kappa shape index (κ2) is 7.53. The number of anilines is 1. The highest BCUT2D eigenvalue weighted by atomic mass is 16.4. The molecule has 0 fully saturated rings. The standard InChI is InChI=1S/C15H29N3O/c1-10(2)14(11(3)4)8-17-15-18-13(9-19-15)7-16-12(5)6/h9-12,14,16H,7-8H2,1-6H3,(H,17,18). The molecule has 0 radical (unpaired) electrons. The fourth-order valence-electron chi connectivity index (χ4n) is 2.22. The summed E-state index contributed by atoms with van der Waals surface area (Å²) in [4.78, 5) is 4.43. The highest BCUT2D eigenvalue weighted by molar-refractivity contribution is 5.21. The minimum atomic E-state index is 0.458. The van der Waals surface area contributed by atoms with Gasteiger partial charge >= 0.3 is 0 Å². The van der Waals surface area contributed by atoms with Crippen LogP contribution < -0.4 is 10.6 Å². The van der Waals surface area contributed by atoms with E-state index in [1.54, 1.807) is 6.26 Å². The molecule has 0 spiro atoms. The molecule has 110 valence electrons. The fraction of sp³-hybridized carbons (Fsp3) is 0.800. The van der Waals surface area contributed by atoms with Crippen LogP contribution in [0.2, 0.25) is 0 Å². The van der Waals surface area contributed by atoms with Gasteiger partial charge in [0.05, 0.1) is 5.69 Å². The van der Waals surface area contributed by atoms with Crippen LogP contribution in [-0.4, -0.2) is 17.6 Å². The molecule has 19 heavy (non-hydrogen) atoms. The topological polar surface area (TPSA) is 50.1 Å². The average molecular weight is 267 g/mol. The predicted molar refractivity (Wildman–Crippen MR) is 80.1 cm³/mol. The SMILES string of the molecule is CC(C)NCc1coc(NCC(C(C)C)C(C)C)n1. The Morgan fingerprint density at radius 3 is 2.26 bits per heavy atom. The second-order valence-electron chi connectivity index (χ2n) is 6.21. The lowest BCUT2D eigenvalue weighted by atomic mass is 9.85. The van der Waals surface area contributed by atoms with Crippen molar-refractivity contribution in [3.8, 4) is 0 Å². The molecule has 1 aromatic heterocycles. The van der Waals surface area contributed by atoms with E-state index in [1.807, 2.05) is 0 Å². The smallest absolute Gasteiger partial charge is 0.294 e. The molecule has 0 aliphatic heterocycles. The quantitative estimate of drug-likeness (QED) is 0.756. The molecule has 2 N–H and O–H groups in total. The Kier molecular flexibility index (Phi) is 6.35. The molecule has 0 unspecified atom stereocenters. The van der Waals surface area contributed by atoms with Gasteiger partial charge in [-0.25, -0.2) is 0 Å². The molecule has 4 heteroatoms. The normalized spacial score (nSPS) is 12.1. The van der Waals surface area contributed by atoms with E-state index in [4.69, 9.17) is 4.42 Å². The zero-order valence-corrected chi connectivity index (χ0v) is 13.2. The summed E-state index contributed by atoms with van der Waals surface area (Å²) >= 11 is 0. The largest absolute Gasteiger partial charge is 0.432 e. The monoisotopic (exact) mass is 267 g/mol. The molecule has 0 aliphatic carbocycles. The number of hydrogen-bond donors (Lipinski definition) is 2. The molecule has 0 aliphatic rings. The zero-order chi connectivity index (χ0) is 14.4. The van der Waals surface area contributed by atoms with Gasteiger partial charge in [0, 0.05) is 19.1 Å². The van der Waals surface area contributed by atoms with E-state index < -0.39 is 0 Å². The van der Waals surface area contributed by atoms with Crippen molar-refractivity contribution >= 4 is 6.01 Å². The van der Waals surface area contributed by atoms with Crippen molar-refractivity contribution in [3.05, 3.63) is 12.0 Å². The Morgan fingerprint density at radius 2 is 1.74 bits per heavy atom. The van der Waals surface area contributed by atoms with Gasteiger partial charge in [-0.2, -0.15) is 4.98 Å². The lowest BCUT2D eigenvalue weighted by Crippen LogP contribution is -2.24. The van der Waals surface area contributed by atoms with Crippen LogP contribution in [0, 0.1) is 17.8 Å². The van der Waals surface area contributed by atoms with Crippen LogP contribution in [0.15, 0.2) is 10.7 Å². The van der Waals surface area contributed by atoms with E-state index >= 15 is 0 Å². The summed E-state index contributed by atoms with van der Waals surface area (Å²) in [7, 11) is 0. The maximum atomic E-state index is 5.44. The predicted octanol–water partition coefficient (Wildman–Crippen LogP) is 3.51. The lowest BCUT2D eigenvalue weighted by Gasteiger charge is -2.24. The Labute approximate surface area is 117 Å². The molecule has 4 nitrogen and oxygen atoms in total. The van der Waals surface area contributed by atoms with Crippen LogP contribution in [0.3, 0.4) is 0 Å². The maximum absolute atomic E-state index is 5.44. The van der Waals surface area contributed by atoms with E-state index in [0.717, 1.165) is 18.8 Å². The number of oxazole rings is 1. The molecule has 0 amide bonds. The summed E-state index contributed by atoms with van der Waals surface area (Å²) in [6, 6.07) is 1.09. The van der Waals surface area contributed by atoms with Crippen LogP contribution in [0.25, 0.3) is 0 Å². The summed E-state index contributed by atoms with van der Waals surface area (Å²) in [6.45, 7) is 15.0. The molecule has 0 saturated carbocycles. The average Bonchev–Trinajstić information content (AvgIpc) is 2.73. The molecular formula is C15H29N3O. The van der Waals surface area contributed by atoms with E-state index in [-0.39, 0.29) is 0 Å². The number of nitrogens with zero attached hydrogens (tertiary/aromatic N) is 1. The molecule has 0 aromatic carbocycles. The summed E-state index contributed by atoms with van der Waals surface area (Å²) in [6.07, 6.45) is 1.72. The van der Waals surface area contributed by atoms with Gasteiger partial charge in [0.25, 0.3) is 6.01 Å². The van der Waals surface area contributed by atoms with Crippen molar-refractivity contribution in [3.63, 3.8) is 0 Å². The first-order valence-corrected chi connectivity index (χ1v) is 7.31. The number of aromatic nitrogens is 1. The molecule has 1 aromatic rings. The van der Waals surface area contributed by atoms with Crippen molar-refractivity contribution in [2.24, 2.45) is 17.8 Å². The van der Waals surface area contributed by atoms with Gasteiger partial charge in [-0.15, -0.1) is 0 Å². The van der Waals surface area contributed by atoms with Crippen molar-refractivity contribution in [1.29, 1.82) is 0 Å². The molecule has 0 atom stereocenters. The van der Waals surface area contributed by atoms with Gasteiger partial charge in [-0.1, -0.05) is 41.5 Å². The van der Waals surface area contributed by atoms with Crippen LogP contribution >= 0.6 is 0 Å².